The molecule has 0 fully saturated rings. The van der Waals surface area contributed by atoms with Gasteiger partial charge >= 0.3 is 0 Å². The van der Waals surface area contributed by atoms with Crippen LogP contribution in [-0.4, -0.2) is 32.7 Å². The Balaban J connectivity index is 2.29. The highest BCUT2D eigenvalue weighted by molar-refractivity contribution is 6.32. The topological polar surface area (TPSA) is 50.4 Å². The Morgan fingerprint density at radius 3 is 2.94 bits per heavy atom. The van der Waals surface area contributed by atoms with Crippen molar-refractivity contribution in [2.24, 2.45) is 0 Å². The maximum atomic E-state index is 12.7. The minimum absolute atomic E-state index is 0.110. The number of halogens is 2. The second-order valence-corrected chi connectivity index (χ2v) is 3.71. The Labute approximate surface area is 104 Å². The van der Waals surface area contributed by atoms with Gasteiger partial charge < -0.3 is 15.4 Å². The Morgan fingerprint density at radius 2 is 2.29 bits per heavy atom. The second-order valence-electron chi connectivity index (χ2n) is 3.30. The molecule has 17 heavy (non-hydrogen) atoms. The first kappa shape index (κ1) is 13.7. The number of amides is 1. The van der Waals surface area contributed by atoms with E-state index in [-0.39, 0.29) is 24.1 Å². The number of carbonyl (C=O) groups excluding carboxylic acids is 1. The summed E-state index contributed by atoms with van der Waals surface area (Å²) in [5.74, 6) is -0.123. The molecule has 0 aliphatic heterocycles. The van der Waals surface area contributed by atoms with Gasteiger partial charge in [0.25, 0.3) is 0 Å². The maximum Gasteiger partial charge on any atom is 0.234 e. The van der Waals surface area contributed by atoms with Crippen molar-refractivity contribution < 1.29 is 13.9 Å². The highest BCUT2D eigenvalue weighted by atomic mass is 35.5. The van der Waals surface area contributed by atoms with Gasteiger partial charge in [-0.2, -0.15) is 0 Å². The molecule has 4 nitrogen and oxygen atoms in total. The van der Waals surface area contributed by atoms with Crippen molar-refractivity contribution >= 4 is 17.5 Å². The molecule has 0 bridgehead atoms. The van der Waals surface area contributed by atoms with Crippen LogP contribution in [0.15, 0.2) is 18.2 Å². The zero-order valence-electron chi connectivity index (χ0n) is 9.43. The predicted molar refractivity (Wildman–Crippen MR) is 63.8 cm³/mol. The van der Waals surface area contributed by atoms with Gasteiger partial charge in [-0.15, -0.1) is 0 Å². The molecule has 1 aromatic rings. The van der Waals surface area contributed by atoms with E-state index in [1.165, 1.54) is 18.2 Å². The lowest BCUT2D eigenvalue weighted by atomic mass is 10.3. The van der Waals surface area contributed by atoms with E-state index < -0.39 is 5.82 Å². The molecule has 0 unspecified atom stereocenters. The summed E-state index contributed by atoms with van der Waals surface area (Å²) in [6, 6.07) is 3.89. The first-order valence-electron chi connectivity index (χ1n) is 5.12. The second kappa shape index (κ2) is 7.09. The molecule has 0 saturated heterocycles. The minimum atomic E-state index is -0.412. The van der Waals surface area contributed by atoms with Gasteiger partial charge in [0.2, 0.25) is 5.91 Å². The molecule has 0 aliphatic carbocycles. The van der Waals surface area contributed by atoms with Gasteiger partial charge in [-0.25, -0.2) is 4.39 Å². The monoisotopic (exact) mass is 260 g/mol. The van der Waals surface area contributed by atoms with Crippen LogP contribution in [0.25, 0.3) is 0 Å². The summed E-state index contributed by atoms with van der Waals surface area (Å²) < 4.78 is 18.0. The van der Waals surface area contributed by atoms with Crippen molar-refractivity contribution in [1.82, 2.24) is 10.6 Å². The van der Waals surface area contributed by atoms with E-state index in [1.54, 1.807) is 7.05 Å². The third kappa shape index (κ3) is 5.01. The number of benzene rings is 1. The molecule has 0 atom stereocenters. The maximum absolute atomic E-state index is 12.7. The number of rotatable bonds is 6. The van der Waals surface area contributed by atoms with Crippen molar-refractivity contribution in [1.29, 1.82) is 0 Å². The molecule has 0 heterocycles. The van der Waals surface area contributed by atoms with E-state index in [0.29, 0.717) is 12.3 Å². The summed E-state index contributed by atoms with van der Waals surface area (Å²) in [5.41, 5.74) is 0. The van der Waals surface area contributed by atoms with Crippen LogP contribution in [-0.2, 0) is 4.79 Å². The number of hydrogen-bond acceptors (Lipinski definition) is 3. The lowest BCUT2D eigenvalue weighted by Gasteiger charge is -2.08. The molecule has 0 radical (unpaired) electrons. The number of nitrogens with one attached hydrogen (secondary N) is 2. The summed E-state index contributed by atoms with van der Waals surface area (Å²) in [6.07, 6.45) is 0. The van der Waals surface area contributed by atoms with Crippen LogP contribution in [0.2, 0.25) is 5.02 Å². The normalized spacial score (nSPS) is 10.1. The number of carbonyl (C=O) groups is 1. The van der Waals surface area contributed by atoms with E-state index in [2.05, 4.69) is 10.6 Å². The van der Waals surface area contributed by atoms with Crippen LogP contribution in [0.5, 0.6) is 5.75 Å². The first-order chi connectivity index (χ1) is 8.13. The molecule has 0 aromatic heterocycles. The number of likely N-dealkylation sites (N-methyl/N-ethyl adjacent to an activating group) is 1. The summed E-state index contributed by atoms with van der Waals surface area (Å²) >= 11 is 5.76. The lowest BCUT2D eigenvalue weighted by molar-refractivity contribution is -0.120. The predicted octanol–water partition coefficient (Wildman–Crippen LogP) is 1.19. The molecule has 0 aliphatic rings. The Bertz CT molecular complexity index is 388. The molecule has 94 valence electrons. The fourth-order valence-electron chi connectivity index (χ4n) is 1.17. The Morgan fingerprint density at radius 1 is 1.53 bits per heavy atom. The van der Waals surface area contributed by atoms with Gasteiger partial charge in [0.1, 0.15) is 18.2 Å². The zero-order chi connectivity index (χ0) is 12.7. The van der Waals surface area contributed by atoms with E-state index in [4.69, 9.17) is 16.3 Å². The number of ether oxygens (including phenoxy) is 1. The van der Waals surface area contributed by atoms with Crippen LogP contribution in [0.4, 0.5) is 4.39 Å². The summed E-state index contributed by atoms with van der Waals surface area (Å²) in [7, 11) is 1.69. The molecular formula is C11H14ClFN2O2. The van der Waals surface area contributed by atoms with Gasteiger partial charge in [-0.05, 0) is 25.2 Å². The molecule has 0 saturated carbocycles. The fraction of sp³-hybridized carbons (Fsp3) is 0.364. The third-order valence-corrected chi connectivity index (χ3v) is 2.21. The molecule has 6 heteroatoms. The van der Waals surface area contributed by atoms with Crippen LogP contribution in [0.3, 0.4) is 0 Å². The molecule has 1 amide bonds. The molecule has 1 aromatic carbocycles. The van der Waals surface area contributed by atoms with E-state index in [0.717, 1.165) is 0 Å². The standard InChI is InChI=1S/C11H14ClFN2O2/c1-14-7-11(16)15-4-5-17-10-3-2-8(13)6-9(10)12/h2-3,6,14H,4-5,7H2,1H3,(H,15,16). The summed E-state index contributed by atoms with van der Waals surface area (Å²) in [4.78, 5) is 11.1. The van der Waals surface area contributed by atoms with Crippen molar-refractivity contribution in [3.05, 3.63) is 29.0 Å². The highest BCUT2D eigenvalue weighted by Crippen LogP contribution is 2.24. The largest absolute Gasteiger partial charge is 0.490 e. The smallest absolute Gasteiger partial charge is 0.234 e. The van der Waals surface area contributed by atoms with Crippen molar-refractivity contribution in [3.8, 4) is 5.75 Å². The van der Waals surface area contributed by atoms with Crippen LogP contribution < -0.4 is 15.4 Å². The van der Waals surface area contributed by atoms with Crippen molar-refractivity contribution in [2.45, 2.75) is 0 Å². The Hall–Kier alpha value is -1.33. The van der Waals surface area contributed by atoms with Crippen LogP contribution in [0, 0.1) is 5.82 Å². The first-order valence-corrected chi connectivity index (χ1v) is 5.50. The SMILES string of the molecule is CNCC(=O)NCCOc1ccc(F)cc1Cl. The molecular weight excluding hydrogens is 247 g/mol. The Kier molecular flexibility index (Phi) is 5.72. The molecule has 2 N–H and O–H groups in total. The summed E-state index contributed by atoms with van der Waals surface area (Å²) in [6.45, 7) is 0.909. The van der Waals surface area contributed by atoms with Crippen LogP contribution >= 0.6 is 11.6 Å². The average Bonchev–Trinajstić information content (AvgIpc) is 2.27. The van der Waals surface area contributed by atoms with E-state index in [9.17, 15) is 9.18 Å². The van der Waals surface area contributed by atoms with Gasteiger partial charge in [0.15, 0.2) is 0 Å². The zero-order valence-corrected chi connectivity index (χ0v) is 10.2. The molecule has 0 spiro atoms. The van der Waals surface area contributed by atoms with E-state index in [1.807, 2.05) is 0 Å². The van der Waals surface area contributed by atoms with Gasteiger partial charge in [-0.1, -0.05) is 11.6 Å². The molecule has 1 rings (SSSR count). The highest BCUT2D eigenvalue weighted by Gasteiger charge is 2.03. The third-order valence-electron chi connectivity index (χ3n) is 1.91. The van der Waals surface area contributed by atoms with E-state index >= 15 is 0 Å². The lowest BCUT2D eigenvalue weighted by Crippen LogP contribution is -2.34. The van der Waals surface area contributed by atoms with Gasteiger partial charge in [0.05, 0.1) is 18.1 Å². The number of hydrogen-bond donors (Lipinski definition) is 2. The minimum Gasteiger partial charge on any atom is -0.490 e. The van der Waals surface area contributed by atoms with Crippen LogP contribution in [0.1, 0.15) is 0 Å². The summed E-state index contributed by atoms with van der Waals surface area (Å²) in [5, 5.41) is 5.58. The quantitative estimate of drug-likeness (QED) is 0.756. The van der Waals surface area contributed by atoms with Crippen molar-refractivity contribution in [3.63, 3.8) is 0 Å². The van der Waals surface area contributed by atoms with Crippen molar-refractivity contribution in [2.75, 3.05) is 26.7 Å². The average molecular weight is 261 g/mol. The fourth-order valence-corrected chi connectivity index (χ4v) is 1.39. The van der Waals surface area contributed by atoms with Gasteiger partial charge in [0, 0.05) is 0 Å². The van der Waals surface area contributed by atoms with Gasteiger partial charge in [-0.3, -0.25) is 4.79 Å².